The lowest BCUT2D eigenvalue weighted by molar-refractivity contribution is -0.136. The number of aromatic nitrogens is 2. The first kappa shape index (κ1) is 22.4. The van der Waals surface area contributed by atoms with Crippen molar-refractivity contribution in [1.29, 1.82) is 0 Å². The van der Waals surface area contributed by atoms with Crippen LogP contribution in [0.5, 0.6) is 11.5 Å². The Balaban J connectivity index is 1.56. The minimum absolute atomic E-state index is 0.0361. The molecule has 0 radical (unpaired) electrons. The van der Waals surface area contributed by atoms with Gasteiger partial charge in [-0.1, -0.05) is 12.1 Å². The highest BCUT2D eigenvalue weighted by Crippen LogP contribution is 2.37. The normalized spacial score (nSPS) is 15.2. The third-order valence-electron chi connectivity index (χ3n) is 5.08. The first-order chi connectivity index (χ1) is 16.0. The van der Waals surface area contributed by atoms with Crippen molar-refractivity contribution in [3.8, 4) is 11.5 Å². The van der Waals surface area contributed by atoms with Gasteiger partial charge in [0.1, 0.15) is 0 Å². The Morgan fingerprint density at radius 1 is 1.12 bits per heavy atom. The molecule has 1 aromatic carbocycles. The summed E-state index contributed by atoms with van der Waals surface area (Å²) in [5, 5.41) is 7.89. The topological polar surface area (TPSA) is 103 Å². The van der Waals surface area contributed by atoms with Gasteiger partial charge < -0.3 is 14.2 Å². The molecule has 3 heterocycles. The Labute approximate surface area is 194 Å². The van der Waals surface area contributed by atoms with Gasteiger partial charge in [0, 0.05) is 12.6 Å². The number of hydrogen-bond donors (Lipinski definition) is 0. The summed E-state index contributed by atoms with van der Waals surface area (Å²) in [5.41, 5.74) is 2.32. The number of esters is 1. The molecule has 0 spiro atoms. The summed E-state index contributed by atoms with van der Waals surface area (Å²) in [4.78, 5) is 34.3. The second kappa shape index (κ2) is 9.78. The Hall–Kier alpha value is -3.79. The van der Waals surface area contributed by atoms with E-state index in [2.05, 4.69) is 15.1 Å². The second-order valence-corrected chi connectivity index (χ2v) is 8.16. The number of hydrazone groups is 1. The van der Waals surface area contributed by atoms with Gasteiger partial charge >= 0.3 is 5.97 Å². The molecule has 1 unspecified atom stereocenters. The van der Waals surface area contributed by atoms with E-state index in [0.717, 1.165) is 16.2 Å². The van der Waals surface area contributed by atoms with Crippen LogP contribution in [0.2, 0.25) is 0 Å². The van der Waals surface area contributed by atoms with Crippen LogP contribution < -0.4 is 9.47 Å². The van der Waals surface area contributed by atoms with E-state index in [1.54, 1.807) is 38.5 Å². The van der Waals surface area contributed by atoms with Crippen LogP contribution in [0.3, 0.4) is 0 Å². The fourth-order valence-electron chi connectivity index (χ4n) is 3.42. The van der Waals surface area contributed by atoms with Crippen LogP contribution >= 0.6 is 11.3 Å². The highest BCUT2D eigenvalue weighted by molar-refractivity contribution is 7.12. The average Bonchev–Trinajstić information content (AvgIpc) is 3.52. The van der Waals surface area contributed by atoms with Crippen molar-refractivity contribution >= 4 is 28.9 Å². The molecule has 1 atom stereocenters. The van der Waals surface area contributed by atoms with Gasteiger partial charge in [0.15, 0.2) is 23.8 Å². The Bertz CT molecular complexity index is 1180. The highest BCUT2D eigenvalue weighted by Gasteiger charge is 2.34. The monoisotopic (exact) mass is 466 g/mol. The zero-order valence-electron chi connectivity index (χ0n) is 18.3. The quantitative estimate of drug-likeness (QED) is 0.492. The highest BCUT2D eigenvalue weighted by atomic mass is 32.1. The van der Waals surface area contributed by atoms with Gasteiger partial charge in [-0.25, -0.2) is 14.8 Å². The van der Waals surface area contributed by atoms with E-state index >= 15 is 0 Å². The van der Waals surface area contributed by atoms with Gasteiger partial charge in [0.2, 0.25) is 0 Å². The maximum absolute atomic E-state index is 13.1. The second-order valence-electron chi connectivity index (χ2n) is 7.22. The van der Waals surface area contributed by atoms with Crippen LogP contribution in [0.1, 0.15) is 39.1 Å². The summed E-state index contributed by atoms with van der Waals surface area (Å²) < 4.78 is 15.9. The summed E-state index contributed by atoms with van der Waals surface area (Å²) in [6.07, 6.45) is 3.29. The van der Waals surface area contributed by atoms with E-state index < -0.39 is 18.5 Å². The van der Waals surface area contributed by atoms with Crippen molar-refractivity contribution in [2.75, 3.05) is 20.8 Å². The zero-order chi connectivity index (χ0) is 23.4. The van der Waals surface area contributed by atoms with E-state index in [4.69, 9.17) is 14.2 Å². The molecule has 0 aliphatic carbocycles. The SMILES string of the molecule is COc1ccc(C2CC(c3cccs3)=NN2C(=O)COC(=O)c2cnc(C)cn2)cc1OC. The van der Waals surface area contributed by atoms with Gasteiger partial charge in [-0.15, -0.1) is 11.3 Å². The molecule has 0 bridgehead atoms. The van der Waals surface area contributed by atoms with Crippen LogP contribution in [0.25, 0.3) is 0 Å². The number of rotatable bonds is 7. The van der Waals surface area contributed by atoms with Gasteiger partial charge in [0.05, 0.1) is 42.7 Å². The molecule has 33 heavy (non-hydrogen) atoms. The standard InChI is InChI=1S/C23H22N4O5S/c1-14-11-25-17(12-24-14)23(29)32-13-22(28)27-18(10-16(26-27)21-5-4-8-33-21)15-6-7-19(30-2)20(9-15)31-3/h4-9,11-12,18H,10,13H2,1-3H3. The van der Waals surface area contributed by atoms with Crippen LogP contribution in [0.4, 0.5) is 0 Å². The van der Waals surface area contributed by atoms with Crippen molar-refractivity contribution in [1.82, 2.24) is 15.0 Å². The Morgan fingerprint density at radius 2 is 1.94 bits per heavy atom. The number of hydrogen-bond acceptors (Lipinski definition) is 9. The molecule has 0 N–H and O–H groups in total. The van der Waals surface area contributed by atoms with Crippen LogP contribution in [0.15, 0.2) is 53.2 Å². The molecule has 1 amide bonds. The van der Waals surface area contributed by atoms with Crippen molar-refractivity contribution in [2.24, 2.45) is 5.10 Å². The Morgan fingerprint density at radius 3 is 2.61 bits per heavy atom. The lowest BCUT2D eigenvalue weighted by Crippen LogP contribution is -2.31. The number of thiophene rings is 1. The average molecular weight is 467 g/mol. The number of carbonyl (C=O) groups excluding carboxylic acids is 2. The molecule has 9 nitrogen and oxygen atoms in total. The smallest absolute Gasteiger partial charge is 0.359 e. The van der Waals surface area contributed by atoms with Crippen molar-refractivity contribution in [2.45, 2.75) is 19.4 Å². The minimum Gasteiger partial charge on any atom is -0.493 e. The van der Waals surface area contributed by atoms with Crippen LogP contribution in [-0.4, -0.2) is 53.4 Å². The molecule has 0 saturated heterocycles. The molecule has 4 rings (SSSR count). The number of methoxy groups -OCH3 is 2. The van der Waals surface area contributed by atoms with E-state index in [1.807, 2.05) is 29.6 Å². The van der Waals surface area contributed by atoms with Gasteiger partial charge in [-0.05, 0) is 36.1 Å². The molecule has 1 aliphatic rings. The van der Waals surface area contributed by atoms with E-state index in [9.17, 15) is 9.59 Å². The van der Waals surface area contributed by atoms with Crippen LogP contribution in [0, 0.1) is 6.92 Å². The fourth-order valence-corrected chi connectivity index (χ4v) is 4.14. The third-order valence-corrected chi connectivity index (χ3v) is 6.00. The van der Waals surface area contributed by atoms with E-state index in [-0.39, 0.29) is 11.7 Å². The van der Waals surface area contributed by atoms with E-state index in [1.165, 1.54) is 17.4 Å². The lowest BCUT2D eigenvalue weighted by atomic mass is 10.0. The van der Waals surface area contributed by atoms with Crippen molar-refractivity contribution in [3.05, 3.63) is 69.9 Å². The molecule has 2 aromatic heterocycles. The molecular formula is C23H22N4O5S. The van der Waals surface area contributed by atoms with Gasteiger partial charge in [-0.3, -0.25) is 9.78 Å². The summed E-state index contributed by atoms with van der Waals surface area (Å²) in [6, 6.07) is 8.99. The zero-order valence-corrected chi connectivity index (χ0v) is 19.2. The number of nitrogens with zero attached hydrogens (tertiary/aromatic N) is 4. The predicted molar refractivity (Wildman–Crippen MR) is 122 cm³/mol. The molecule has 0 saturated carbocycles. The summed E-state index contributed by atoms with van der Waals surface area (Å²) >= 11 is 1.55. The van der Waals surface area contributed by atoms with Gasteiger partial charge in [-0.2, -0.15) is 5.10 Å². The Kier molecular flexibility index (Phi) is 6.64. The molecular weight excluding hydrogens is 444 g/mol. The largest absolute Gasteiger partial charge is 0.493 e. The lowest BCUT2D eigenvalue weighted by Gasteiger charge is -2.22. The molecule has 0 fully saturated rings. The minimum atomic E-state index is -0.722. The predicted octanol–water partition coefficient (Wildman–Crippen LogP) is 3.40. The van der Waals surface area contributed by atoms with Crippen molar-refractivity contribution < 1.29 is 23.8 Å². The molecule has 170 valence electrons. The molecule has 10 heteroatoms. The number of benzene rings is 1. The third kappa shape index (κ3) is 4.85. The maximum Gasteiger partial charge on any atom is 0.359 e. The summed E-state index contributed by atoms with van der Waals surface area (Å²) in [5.74, 6) is -0.0315. The number of carbonyl (C=O) groups is 2. The maximum atomic E-state index is 13.1. The first-order valence-corrected chi connectivity index (χ1v) is 11.0. The molecule has 3 aromatic rings. The number of ether oxygens (including phenoxy) is 3. The van der Waals surface area contributed by atoms with Crippen molar-refractivity contribution in [3.63, 3.8) is 0 Å². The number of aryl methyl sites for hydroxylation is 1. The van der Waals surface area contributed by atoms with E-state index in [0.29, 0.717) is 23.6 Å². The van der Waals surface area contributed by atoms with Gasteiger partial charge in [0.25, 0.3) is 5.91 Å². The first-order valence-electron chi connectivity index (χ1n) is 10.1. The number of amides is 1. The molecule has 1 aliphatic heterocycles. The van der Waals surface area contributed by atoms with Crippen LogP contribution in [-0.2, 0) is 9.53 Å². The fraction of sp³-hybridized carbons (Fsp3) is 0.261. The summed E-state index contributed by atoms with van der Waals surface area (Å²) in [7, 11) is 3.12. The summed E-state index contributed by atoms with van der Waals surface area (Å²) in [6.45, 7) is 1.29.